The molecule has 1 aliphatic heterocycles. The van der Waals surface area contributed by atoms with Crippen LogP contribution in [0.15, 0.2) is 40.9 Å². The van der Waals surface area contributed by atoms with Crippen LogP contribution in [-0.4, -0.2) is 46.2 Å². The number of ether oxygens (including phenoxy) is 2. The zero-order valence-corrected chi connectivity index (χ0v) is 18.6. The van der Waals surface area contributed by atoms with E-state index < -0.39 is 0 Å². The second-order valence-corrected chi connectivity index (χ2v) is 9.09. The fourth-order valence-electron chi connectivity index (χ4n) is 3.39. The first-order valence-corrected chi connectivity index (χ1v) is 11.7. The van der Waals surface area contributed by atoms with Crippen molar-refractivity contribution in [3.05, 3.63) is 40.6 Å². The summed E-state index contributed by atoms with van der Waals surface area (Å²) in [6, 6.07) is 9.47. The third-order valence-electron chi connectivity index (χ3n) is 4.83. The van der Waals surface area contributed by atoms with E-state index in [0.717, 1.165) is 36.0 Å². The van der Waals surface area contributed by atoms with Gasteiger partial charge >= 0.3 is 0 Å². The first kappa shape index (κ1) is 20.9. The summed E-state index contributed by atoms with van der Waals surface area (Å²) in [6.07, 6.45) is 2.25. The summed E-state index contributed by atoms with van der Waals surface area (Å²) >= 11 is 3.07. The molecule has 4 rings (SSSR count). The van der Waals surface area contributed by atoms with Gasteiger partial charge in [0.2, 0.25) is 5.91 Å². The lowest BCUT2D eigenvalue weighted by Crippen LogP contribution is -2.18. The van der Waals surface area contributed by atoms with Crippen LogP contribution in [0.3, 0.4) is 0 Å². The molecule has 1 fully saturated rings. The summed E-state index contributed by atoms with van der Waals surface area (Å²) in [5, 5.41) is 14.5. The zero-order valence-electron chi connectivity index (χ0n) is 17.0. The average Bonchev–Trinajstić information content (AvgIpc) is 3.49. The van der Waals surface area contributed by atoms with Crippen molar-refractivity contribution in [3.8, 4) is 17.1 Å². The van der Waals surface area contributed by atoms with Crippen molar-refractivity contribution in [2.75, 3.05) is 24.8 Å². The number of anilines is 1. The number of nitrogens with one attached hydrogen (secondary N) is 1. The highest BCUT2D eigenvalue weighted by Gasteiger charge is 2.22. The van der Waals surface area contributed by atoms with Gasteiger partial charge in [-0.15, -0.1) is 21.5 Å². The third-order valence-corrected chi connectivity index (χ3v) is 6.66. The van der Waals surface area contributed by atoms with Crippen LogP contribution in [0.5, 0.6) is 5.75 Å². The zero-order chi connectivity index (χ0) is 20.9. The van der Waals surface area contributed by atoms with Crippen LogP contribution >= 0.6 is 23.1 Å². The van der Waals surface area contributed by atoms with Gasteiger partial charge in [-0.2, -0.15) is 0 Å². The molecule has 7 nitrogen and oxygen atoms in total. The predicted octanol–water partition coefficient (Wildman–Crippen LogP) is 4.23. The molecule has 1 saturated heterocycles. The van der Waals surface area contributed by atoms with Gasteiger partial charge in [0.05, 0.1) is 31.2 Å². The molecule has 0 aliphatic carbocycles. The molecule has 3 aromatic rings. The predicted molar refractivity (Wildman–Crippen MR) is 119 cm³/mol. The summed E-state index contributed by atoms with van der Waals surface area (Å²) in [5.41, 5.74) is 1.70. The lowest BCUT2D eigenvalue weighted by molar-refractivity contribution is -0.113. The fraction of sp³-hybridized carbons (Fsp3) is 0.381. The highest BCUT2D eigenvalue weighted by molar-refractivity contribution is 7.99. The quantitative estimate of drug-likeness (QED) is 0.524. The Bertz CT molecular complexity index is 1010. The van der Waals surface area contributed by atoms with Gasteiger partial charge in [-0.3, -0.25) is 9.36 Å². The van der Waals surface area contributed by atoms with Gasteiger partial charge in [0.25, 0.3) is 0 Å². The molecule has 1 aliphatic rings. The summed E-state index contributed by atoms with van der Waals surface area (Å²) in [4.78, 5) is 13.7. The van der Waals surface area contributed by atoms with Crippen LogP contribution in [0.2, 0.25) is 0 Å². The monoisotopic (exact) mass is 444 g/mol. The number of benzene rings is 1. The largest absolute Gasteiger partial charge is 0.495 e. The molecular weight excluding hydrogens is 420 g/mol. The maximum atomic E-state index is 12.5. The Morgan fingerprint density at radius 1 is 1.40 bits per heavy atom. The molecule has 30 heavy (non-hydrogen) atoms. The molecule has 0 radical (unpaired) electrons. The number of para-hydroxylation sites is 2. The van der Waals surface area contributed by atoms with Crippen molar-refractivity contribution >= 4 is 34.7 Å². The molecule has 9 heteroatoms. The van der Waals surface area contributed by atoms with Crippen molar-refractivity contribution in [3.63, 3.8) is 0 Å². The van der Waals surface area contributed by atoms with Crippen LogP contribution < -0.4 is 10.1 Å². The van der Waals surface area contributed by atoms with Gasteiger partial charge in [0.1, 0.15) is 5.75 Å². The molecule has 0 spiro atoms. The molecule has 158 valence electrons. The van der Waals surface area contributed by atoms with E-state index in [-0.39, 0.29) is 17.8 Å². The molecule has 2 aromatic heterocycles. The van der Waals surface area contributed by atoms with Crippen LogP contribution in [-0.2, 0) is 16.1 Å². The average molecular weight is 445 g/mol. The second-order valence-electron chi connectivity index (χ2n) is 7.03. The van der Waals surface area contributed by atoms with E-state index in [9.17, 15) is 4.79 Å². The smallest absolute Gasteiger partial charge is 0.234 e. The number of carbonyl (C=O) groups is 1. The molecule has 3 heterocycles. The number of aromatic nitrogens is 3. The number of amides is 1. The first-order chi connectivity index (χ1) is 14.6. The SMILES string of the molecule is COc1ccccc1NC(=O)CSc1nnc(-c2csc(C)c2)n1CC1CCCO1. The third kappa shape index (κ3) is 4.85. The van der Waals surface area contributed by atoms with Gasteiger partial charge in [0.15, 0.2) is 11.0 Å². The van der Waals surface area contributed by atoms with Crippen LogP contribution in [0, 0.1) is 6.92 Å². The molecular formula is C21H24N4O3S2. The highest BCUT2D eigenvalue weighted by Crippen LogP contribution is 2.29. The number of hydrogen-bond donors (Lipinski definition) is 1. The summed E-state index contributed by atoms with van der Waals surface area (Å²) in [7, 11) is 1.58. The summed E-state index contributed by atoms with van der Waals surface area (Å²) in [6.45, 7) is 3.56. The van der Waals surface area contributed by atoms with E-state index in [0.29, 0.717) is 18.0 Å². The van der Waals surface area contributed by atoms with E-state index in [4.69, 9.17) is 9.47 Å². The molecule has 1 amide bonds. The van der Waals surface area contributed by atoms with E-state index in [1.165, 1.54) is 16.6 Å². The Hall–Kier alpha value is -2.36. The van der Waals surface area contributed by atoms with Gasteiger partial charge < -0.3 is 14.8 Å². The van der Waals surface area contributed by atoms with E-state index in [2.05, 4.69) is 38.5 Å². The van der Waals surface area contributed by atoms with Gasteiger partial charge in [-0.25, -0.2) is 0 Å². The number of thioether (sulfide) groups is 1. The molecule has 1 aromatic carbocycles. The van der Waals surface area contributed by atoms with Crippen LogP contribution in [0.1, 0.15) is 17.7 Å². The molecule has 1 atom stereocenters. The minimum atomic E-state index is -0.121. The van der Waals surface area contributed by atoms with E-state index >= 15 is 0 Å². The number of nitrogens with zero attached hydrogens (tertiary/aromatic N) is 3. The van der Waals surface area contributed by atoms with E-state index in [1.807, 2.05) is 24.3 Å². The first-order valence-electron chi connectivity index (χ1n) is 9.80. The minimum absolute atomic E-state index is 0.121. The Kier molecular flexibility index (Phi) is 6.71. The number of aryl methyl sites for hydroxylation is 1. The lowest BCUT2D eigenvalue weighted by Gasteiger charge is -2.14. The fourth-order valence-corrected chi connectivity index (χ4v) is 4.82. The van der Waals surface area contributed by atoms with Gasteiger partial charge in [-0.05, 0) is 38.0 Å². The van der Waals surface area contributed by atoms with Gasteiger partial charge in [-0.1, -0.05) is 23.9 Å². The molecule has 0 bridgehead atoms. The Balaban J connectivity index is 1.48. The van der Waals surface area contributed by atoms with E-state index in [1.54, 1.807) is 18.4 Å². The Labute approximate surface area is 183 Å². The number of rotatable bonds is 8. The summed E-state index contributed by atoms with van der Waals surface area (Å²) < 4.78 is 13.2. The second kappa shape index (κ2) is 9.63. The number of carbonyl (C=O) groups excluding carboxylic acids is 1. The molecule has 1 N–H and O–H groups in total. The van der Waals surface area contributed by atoms with Crippen molar-refractivity contribution in [1.29, 1.82) is 0 Å². The summed E-state index contributed by atoms with van der Waals surface area (Å²) in [5.74, 6) is 1.56. The van der Waals surface area contributed by atoms with Crippen molar-refractivity contribution in [2.45, 2.75) is 37.6 Å². The Morgan fingerprint density at radius 3 is 3.00 bits per heavy atom. The number of methoxy groups -OCH3 is 1. The number of hydrogen-bond acceptors (Lipinski definition) is 7. The van der Waals surface area contributed by atoms with Crippen LogP contribution in [0.4, 0.5) is 5.69 Å². The van der Waals surface area contributed by atoms with Crippen molar-refractivity contribution in [1.82, 2.24) is 14.8 Å². The maximum absolute atomic E-state index is 12.5. The van der Waals surface area contributed by atoms with Crippen molar-refractivity contribution < 1.29 is 14.3 Å². The van der Waals surface area contributed by atoms with Gasteiger partial charge in [0, 0.05) is 22.4 Å². The highest BCUT2D eigenvalue weighted by atomic mass is 32.2. The van der Waals surface area contributed by atoms with Crippen LogP contribution in [0.25, 0.3) is 11.4 Å². The van der Waals surface area contributed by atoms with Crippen molar-refractivity contribution in [2.24, 2.45) is 0 Å². The minimum Gasteiger partial charge on any atom is -0.495 e. The normalized spacial score (nSPS) is 16.0. The number of thiophene rings is 1. The maximum Gasteiger partial charge on any atom is 0.234 e. The molecule has 1 unspecified atom stereocenters. The lowest BCUT2D eigenvalue weighted by atomic mass is 10.2. The topological polar surface area (TPSA) is 78.3 Å². The standard InChI is InChI=1S/C21H24N4O3S2/c1-14-10-15(12-29-14)20-23-24-21(25(20)11-16-6-5-9-28-16)30-13-19(26)22-17-7-3-4-8-18(17)27-2/h3-4,7-8,10,12,16H,5-6,9,11,13H2,1-2H3,(H,22,26). The molecule has 0 saturated carbocycles. The Morgan fingerprint density at radius 2 is 2.27 bits per heavy atom.